The van der Waals surface area contributed by atoms with Crippen LogP contribution in [0.15, 0.2) is 38.5 Å². The molecule has 3 heterocycles. The fourth-order valence-electron chi connectivity index (χ4n) is 2.44. The minimum Gasteiger partial charge on any atom is -0.349 e. The summed E-state index contributed by atoms with van der Waals surface area (Å²) in [5, 5.41) is 0. The molecule has 0 radical (unpaired) electrons. The van der Waals surface area contributed by atoms with Crippen molar-refractivity contribution in [3.05, 3.63) is 39.9 Å². The third-order valence-corrected chi connectivity index (χ3v) is 7.46. The van der Waals surface area contributed by atoms with Crippen molar-refractivity contribution in [1.29, 1.82) is 0 Å². The Morgan fingerprint density at radius 3 is 2.79 bits per heavy atom. The van der Waals surface area contributed by atoms with Gasteiger partial charge in [-0.1, -0.05) is 0 Å². The lowest BCUT2D eigenvalue weighted by molar-refractivity contribution is 0.283. The number of rotatable bonds is 2. The van der Waals surface area contributed by atoms with Crippen molar-refractivity contribution >= 4 is 37.3 Å². The third kappa shape index (κ3) is 2.18. The van der Waals surface area contributed by atoms with Gasteiger partial charge in [0, 0.05) is 25.0 Å². The molecule has 0 saturated heterocycles. The Bertz CT molecular complexity index is 705. The minimum absolute atomic E-state index is 0.130. The van der Waals surface area contributed by atoms with Gasteiger partial charge in [0.1, 0.15) is 4.21 Å². The lowest BCUT2D eigenvalue weighted by Crippen LogP contribution is -2.40. The van der Waals surface area contributed by atoms with Gasteiger partial charge in [-0.05, 0) is 47.1 Å². The first kappa shape index (κ1) is 13.4. The van der Waals surface area contributed by atoms with Crippen molar-refractivity contribution in [1.82, 2.24) is 8.87 Å². The number of fused-ring (bicyclic) bond motifs is 1. The molecule has 2 aromatic heterocycles. The molecule has 0 N–H and O–H groups in total. The van der Waals surface area contributed by atoms with Crippen molar-refractivity contribution in [2.45, 2.75) is 23.7 Å². The van der Waals surface area contributed by atoms with Gasteiger partial charge in [0.15, 0.2) is 0 Å². The van der Waals surface area contributed by atoms with Crippen molar-refractivity contribution in [3.8, 4) is 0 Å². The average Bonchev–Trinajstić information content (AvgIpc) is 2.97. The van der Waals surface area contributed by atoms with Gasteiger partial charge in [-0.15, -0.1) is 11.3 Å². The standard InChI is InChI=1S/C12H13BrN2O2S2/c1-9-10-3-2-6-14(10)7-8-15(9)19(16,17)12-5-4-11(13)18-12/h2-6,9H,7-8H2,1H3. The molecular formula is C12H13BrN2O2S2. The smallest absolute Gasteiger partial charge is 0.253 e. The molecule has 0 saturated carbocycles. The highest BCUT2D eigenvalue weighted by atomic mass is 79.9. The first-order valence-electron chi connectivity index (χ1n) is 5.92. The molecule has 0 amide bonds. The Hall–Kier alpha value is -0.630. The molecule has 2 aromatic rings. The highest BCUT2D eigenvalue weighted by molar-refractivity contribution is 9.11. The molecule has 1 aliphatic rings. The maximum atomic E-state index is 12.6. The monoisotopic (exact) mass is 360 g/mol. The second-order valence-corrected chi connectivity index (χ2v) is 9.06. The van der Waals surface area contributed by atoms with Crippen molar-refractivity contribution in [2.24, 2.45) is 0 Å². The largest absolute Gasteiger partial charge is 0.349 e. The number of sulfonamides is 1. The molecule has 0 aliphatic carbocycles. The van der Waals surface area contributed by atoms with Crippen LogP contribution >= 0.6 is 27.3 Å². The van der Waals surface area contributed by atoms with Crippen LogP contribution in [0.25, 0.3) is 0 Å². The van der Waals surface area contributed by atoms with Crippen LogP contribution in [-0.2, 0) is 16.6 Å². The SMILES string of the molecule is CC1c2cccn2CCN1S(=O)(=O)c1ccc(Br)s1. The van der Waals surface area contributed by atoms with Crippen molar-refractivity contribution < 1.29 is 8.42 Å². The van der Waals surface area contributed by atoms with Gasteiger partial charge in [0.2, 0.25) is 0 Å². The van der Waals surface area contributed by atoms with Crippen LogP contribution < -0.4 is 0 Å². The maximum Gasteiger partial charge on any atom is 0.253 e. The van der Waals surface area contributed by atoms with Crippen LogP contribution in [0.5, 0.6) is 0 Å². The van der Waals surface area contributed by atoms with Crippen LogP contribution in [0.3, 0.4) is 0 Å². The predicted molar refractivity (Wildman–Crippen MR) is 78.8 cm³/mol. The third-order valence-electron chi connectivity index (χ3n) is 3.40. The Balaban J connectivity index is 2.00. The first-order chi connectivity index (χ1) is 9.00. The van der Waals surface area contributed by atoms with E-state index in [2.05, 4.69) is 20.5 Å². The molecule has 1 aliphatic heterocycles. The highest BCUT2D eigenvalue weighted by Crippen LogP contribution is 2.34. The number of aromatic nitrogens is 1. The van der Waals surface area contributed by atoms with Gasteiger partial charge >= 0.3 is 0 Å². The van der Waals surface area contributed by atoms with E-state index in [1.807, 2.05) is 25.3 Å². The van der Waals surface area contributed by atoms with Crippen LogP contribution in [0, 0.1) is 0 Å². The Morgan fingerprint density at radius 2 is 2.11 bits per heavy atom. The molecule has 0 aromatic carbocycles. The molecule has 19 heavy (non-hydrogen) atoms. The molecule has 0 fully saturated rings. The molecular weight excluding hydrogens is 348 g/mol. The van der Waals surface area contributed by atoms with Crippen LogP contribution in [0.1, 0.15) is 18.7 Å². The summed E-state index contributed by atoms with van der Waals surface area (Å²) in [6, 6.07) is 7.24. The normalized spacial score (nSPS) is 20.4. The molecule has 4 nitrogen and oxygen atoms in total. The van der Waals surface area contributed by atoms with Crippen LogP contribution in [0.4, 0.5) is 0 Å². The summed E-state index contributed by atoms with van der Waals surface area (Å²) in [7, 11) is -3.40. The van der Waals surface area contributed by atoms with Gasteiger partial charge in [-0.2, -0.15) is 4.31 Å². The number of thiophene rings is 1. The van der Waals surface area contributed by atoms with Crippen molar-refractivity contribution in [2.75, 3.05) is 6.54 Å². The average molecular weight is 361 g/mol. The quantitative estimate of drug-likeness (QED) is 0.825. The van der Waals surface area contributed by atoms with Gasteiger partial charge in [-0.25, -0.2) is 8.42 Å². The Labute approximate surface area is 124 Å². The maximum absolute atomic E-state index is 12.6. The molecule has 0 spiro atoms. The Kier molecular flexibility index (Phi) is 3.33. The topological polar surface area (TPSA) is 42.3 Å². The van der Waals surface area contributed by atoms with Gasteiger partial charge < -0.3 is 4.57 Å². The number of halogens is 1. The van der Waals surface area contributed by atoms with E-state index in [9.17, 15) is 8.42 Å². The summed E-state index contributed by atoms with van der Waals surface area (Å²) in [6.45, 7) is 3.16. The van der Waals surface area contributed by atoms with Crippen LogP contribution in [0.2, 0.25) is 0 Å². The molecule has 7 heteroatoms. The minimum atomic E-state index is -3.40. The summed E-state index contributed by atoms with van der Waals surface area (Å²) in [6.07, 6.45) is 2.00. The summed E-state index contributed by atoms with van der Waals surface area (Å²) in [5.74, 6) is 0. The molecule has 102 valence electrons. The lowest BCUT2D eigenvalue weighted by atomic mass is 10.2. The zero-order valence-electron chi connectivity index (χ0n) is 10.3. The van der Waals surface area contributed by atoms with E-state index in [1.165, 1.54) is 11.3 Å². The number of hydrogen-bond acceptors (Lipinski definition) is 3. The van der Waals surface area contributed by atoms with Gasteiger partial charge in [-0.3, -0.25) is 0 Å². The number of nitrogens with zero attached hydrogens (tertiary/aromatic N) is 2. The molecule has 1 atom stereocenters. The second kappa shape index (κ2) is 4.73. The van der Waals surface area contributed by atoms with E-state index in [4.69, 9.17) is 0 Å². The fraction of sp³-hybridized carbons (Fsp3) is 0.333. The summed E-state index contributed by atoms with van der Waals surface area (Å²) in [5.41, 5.74) is 1.05. The van der Waals surface area contributed by atoms with E-state index in [1.54, 1.807) is 16.4 Å². The highest BCUT2D eigenvalue weighted by Gasteiger charge is 2.34. The fourth-order valence-corrected chi connectivity index (χ4v) is 6.17. The first-order valence-corrected chi connectivity index (χ1v) is 8.97. The van der Waals surface area contributed by atoms with Crippen molar-refractivity contribution in [3.63, 3.8) is 0 Å². The van der Waals surface area contributed by atoms with E-state index in [0.717, 1.165) is 9.48 Å². The van der Waals surface area contributed by atoms with E-state index < -0.39 is 10.0 Å². The van der Waals surface area contributed by atoms with E-state index in [-0.39, 0.29) is 6.04 Å². The zero-order chi connectivity index (χ0) is 13.6. The Morgan fingerprint density at radius 1 is 1.32 bits per heavy atom. The van der Waals surface area contributed by atoms with Gasteiger partial charge in [0.25, 0.3) is 10.0 Å². The second-order valence-electron chi connectivity index (χ2n) is 4.48. The molecule has 3 rings (SSSR count). The lowest BCUT2D eigenvalue weighted by Gasteiger charge is -2.33. The van der Waals surface area contributed by atoms with Crippen LogP contribution in [-0.4, -0.2) is 23.8 Å². The summed E-state index contributed by atoms with van der Waals surface area (Å²) >= 11 is 4.57. The van der Waals surface area contributed by atoms with E-state index in [0.29, 0.717) is 17.3 Å². The van der Waals surface area contributed by atoms with E-state index >= 15 is 0 Å². The van der Waals surface area contributed by atoms with Gasteiger partial charge in [0.05, 0.1) is 9.83 Å². The number of hydrogen-bond donors (Lipinski definition) is 0. The molecule has 1 unspecified atom stereocenters. The predicted octanol–water partition coefficient (Wildman–Crippen LogP) is 3.08. The zero-order valence-corrected chi connectivity index (χ0v) is 13.5. The summed E-state index contributed by atoms with van der Waals surface area (Å²) < 4.78 is 30.2. The molecule has 0 bridgehead atoms. The summed E-state index contributed by atoms with van der Waals surface area (Å²) in [4.78, 5) is 0.